The average molecular weight is 438 g/mol. The number of thiazole rings is 1. The number of hydrogen-bond acceptors (Lipinski definition) is 6. The number of rotatable bonds is 4. The SMILES string of the molecule is COC(=O)c1sc(NC(=O)c2cc(-c3cccc(Cl)c3)nc3ccccc23)nc1C. The highest BCUT2D eigenvalue weighted by Crippen LogP contribution is 2.28. The number of aromatic nitrogens is 2. The molecule has 0 spiro atoms. The summed E-state index contributed by atoms with van der Waals surface area (Å²) in [5.74, 6) is -0.829. The van der Waals surface area contributed by atoms with Gasteiger partial charge in [-0.05, 0) is 31.2 Å². The van der Waals surface area contributed by atoms with Crippen LogP contribution in [-0.2, 0) is 4.74 Å². The molecule has 0 bridgehead atoms. The number of carbonyl (C=O) groups is 2. The van der Waals surface area contributed by atoms with Crippen LogP contribution in [0.5, 0.6) is 0 Å². The Morgan fingerprint density at radius 1 is 1.07 bits per heavy atom. The molecule has 4 rings (SSSR count). The van der Waals surface area contributed by atoms with Crippen molar-refractivity contribution in [3.05, 3.63) is 75.8 Å². The van der Waals surface area contributed by atoms with E-state index in [1.807, 2.05) is 36.4 Å². The Bertz CT molecular complexity index is 1290. The lowest BCUT2D eigenvalue weighted by atomic mass is 10.0. The predicted octanol–water partition coefficient (Wildman–Crippen LogP) is 5.36. The molecule has 2 aromatic heterocycles. The van der Waals surface area contributed by atoms with Crippen LogP contribution < -0.4 is 5.32 Å². The summed E-state index contributed by atoms with van der Waals surface area (Å²) in [4.78, 5) is 34.2. The molecular weight excluding hydrogens is 422 g/mol. The van der Waals surface area contributed by atoms with E-state index in [0.717, 1.165) is 16.9 Å². The summed E-state index contributed by atoms with van der Waals surface area (Å²) in [7, 11) is 1.31. The number of ether oxygens (including phenoxy) is 1. The van der Waals surface area contributed by atoms with Crippen LogP contribution in [0.25, 0.3) is 22.2 Å². The maximum atomic E-state index is 13.1. The highest BCUT2D eigenvalue weighted by molar-refractivity contribution is 7.17. The third-order valence-electron chi connectivity index (χ3n) is 4.47. The van der Waals surface area contributed by atoms with Gasteiger partial charge >= 0.3 is 5.97 Å². The van der Waals surface area contributed by atoms with Crippen molar-refractivity contribution in [3.8, 4) is 11.3 Å². The topological polar surface area (TPSA) is 81.2 Å². The number of nitrogens with one attached hydrogen (secondary N) is 1. The zero-order chi connectivity index (χ0) is 21.3. The number of fused-ring (bicyclic) bond motifs is 1. The molecule has 0 saturated carbocycles. The quantitative estimate of drug-likeness (QED) is 0.435. The molecule has 2 aromatic carbocycles. The Labute approximate surface area is 181 Å². The van der Waals surface area contributed by atoms with E-state index >= 15 is 0 Å². The van der Waals surface area contributed by atoms with Gasteiger partial charge in [0.15, 0.2) is 5.13 Å². The average Bonchev–Trinajstić information content (AvgIpc) is 3.12. The van der Waals surface area contributed by atoms with E-state index in [0.29, 0.717) is 42.9 Å². The minimum Gasteiger partial charge on any atom is -0.465 e. The number of pyridine rings is 1. The number of benzene rings is 2. The molecule has 8 heteroatoms. The number of anilines is 1. The van der Waals surface area contributed by atoms with Gasteiger partial charge in [0.2, 0.25) is 0 Å². The second-order valence-corrected chi connectivity index (χ2v) is 7.90. The number of nitrogens with zero attached hydrogens (tertiary/aromatic N) is 2. The number of para-hydroxylation sites is 1. The van der Waals surface area contributed by atoms with Crippen molar-refractivity contribution in [1.82, 2.24) is 9.97 Å². The van der Waals surface area contributed by atoms with E-state index in [4.69, 9.17) is 16.3 Å². The van der Waals surface area contributed by atoms with Crippen molar-refractivity contribution < 1.29 is 14.3 Å². The predicted molar refractivity (Wildman–Crippen MR) is 118 cm³/mol. The monoisotopic (exact) mass is 437 g/mol. The normalized spacial score (nSPS) is 10.8. The minimum absolute atomic E-state index is 0.322. The lowest BCUT2D eigenvalue weighted by Crippen LogP contribution is -2.13. The van der Waals surface area contributed by atoms with Crippen molar-refractivity contribution in [1.29, 1.82) is 0 Å². The van der Waals surface area contributed by atoms with Crippen molar-refractivity contribution >= 4 is 50.8 Å². The van der Waals surface area contributed by atoms with E-state index in [9.17, 15) is 9.59 Å². The van der Waals surface area contributed by atoms with Gasteiger partial charge in [0.25, 0.3) is 5.91 Å². The maximum absolute atomic E-state index is 13.1. The second kappa shape index (κ2) is 8.22. The number of methoxy groups -OCH3 is 1. The third kappa shape index (κ3) is 3.90. The van der Waals surface area contributed by atoms with Crippen LogP contribution in [0.2, 0.25) is 5.02 Å². The Hall–Kier alpha value is -3.29. The number of carbonyl (C=O) groups excluding carboxylic acids is 2. The van der Waals surface area contributed by atoms with E-state index < -0.39 is 5.97 Å². The number of aryl methyl sites for hydroxylation is 1. The summed E-state index contributed by atoms with van der Waals surface area (Å²) >= 11 is 7.20. The van der Waals surface area contributed by atoms with E-state index in [1.54, 1.807) is 25.1 Å². The zero-order valence-electron chi connectivity index (χ0n) is 16.1. The van der Waals surface area contributed by atoms with Crippen molar-refractivity contribution in [2.75, 3.05) is 12.4 Å². The van der Waals surface area contributed by atoms with Crippen molar-refractivity contribution in [3.63, 3.8) is 0 Å². The van der Waals surface area contributed by atoms with Gasteiger partial charge in [0.1, 0.15) is 4.88 Å². The molecule has 1 amide bonds. The first kappa shape index (κ1) is 20.0. The van der Waals surface area contributed by atoms with Crippen molar-refractivity contribution in [2.45, 2.75) is 6.92 Å². The number of esters is 1. The molecular formula is C22H16ClN3O3S. The van der Waals surface area contributed by atoms with Gasteiger partial charge < -0.3 is 4.74 Å². The molecule has 0 unspecified atom stereocenters. The van der Waals surface area contributed by atoms with Gasteiger partial charge in [-0.2, -0.15) is 0 Å². The molecule has 150 valence electrons. The summed E-state index contributed by atoms with van der Waals surface area (Å²) in [5.41, 5.74) is 3.07. The van der Waals surface area contributed by atoms with Gasteiger partial charge in [-0.1, -0.05) is 53.3 Å². The Morgan fingerprint density at radius 2 is 1.87 bits per heavy atom. The van der Waals surface area contributed by atoms with Crippen molar-refractivity contribution in [2.24, 2.45) is 0 Å². The third-order valence-corrected chi connectivity index (χ3v) is 5.76. The fourth-order valence-corrected chi connectivity index (χ4v) is 4.13. The van der Waals surface area contributed by atoms with Gasteiger partial charge in [-0.15, -0.1) is 0 Å². The summed E-state index contributed by atoms with van der Waals surface area (Å²) in [6.45, 7) is 1.69. The van der Waals surface area contributed by atoms with Gasteiger partial charge in [0.05, 0.1) is 29.6 Å². The molecule has 30 heavy (non-hydrogen) atoms. The molecule has 0 fully saturated rings. The number of hydrogen-bond donors (Lipinski definition) is 1. The molecule has 0 atom stereocenters. The first-order valence-electron chi connectivity index (χ1n) is 8.99. The Kier molecular flexibility index (Phi) is 5.48. The van der Waals surface area contributed by atoms with Crippen LogP contribution in [-0.4, -0.2) is 29.0 Å². The minimum atomic E-state index is -0.483. The smallest absolute Gasteiger partial charge is 0.350 e. The zero-order valence-corrected chi connectivity index (χ0v) is 17.7. The van der Waals surface area contributed by atoms with Gasteiger partial charge in [-0.25, -0.2) is 14.8 Å². The first-order valence-corrected chi connectivity index (χ1v) is 10.2. The standard InChI is InChI=1S/C22H16ClN3O3S/c1-12-19(21(28)29-2)30-22(24-12)26-20(27)16-11-18(13-6-5-7-14(23)10-13)25-17-9-4-3-8-15(16)17/h3-11H,1-2H3,(H,24,26,27). The molecule has 0 radical (unpaired) electrons. The molecule has 4 aromatic rings. The summed E-state index contributed by atoms with van der Waals surface area (Å²) in [6.07, 6.45) is 0. The summed E-state index contributed by atoms with van der Waals surface area (Å²) in [5, 5.41) is 4.41. The maximum Gasteiger partial charge on any atom is 0.350 e. The molecule has 1 N–H and O–H groups in total. The van der Waals surface area contributed by atoms with E-state index in [-0.39, 0.29) is 5.91 Å². The lowest BCUT2D eigenvalue weighted by Gasteiger charge is -2.10. The molecule has 0 aliphatic rings. The molecule has 0 saturated heterocycles. The van der Waals surface area contributed by atoms with Crippen LogP contribution in [0, 0.1) is 6.92 Å². The van der Waals surface area contributed by atoms with Crippen LogP contribution in [0.4, 0.5) is 5.13 Å². The summed E-state index contributed by atoms with van der Waals surface area (Å²) < 4.78 is 4.75. The number of halogens is 1. The fraction of sp³-hybridized carbons (Fsp3) is 0.0909. The van der Waals surface area contributed by atoms with Crippen LogP contribution in [0.1, 0.15) is 25.7 Å². The largest absolute Gasteiger partial charge is 0.465 e. The Balaban J connectivity index is 1.76. The van der Waals surface area contributed by atoms with E-state index in [2.05, 4.69) is 15.3 Å². The van der Waals surface area contributed by atoms with E-state index in [1.165, 1.54) is 7.11 Å². The second-order valence-electron chi connectivity index (χ2n) is 6.46. The summed E-state index contributed by atoms with van der Waals surface area (Å²) in [6, 6.07) is 16.4. The molecule has 2 heterocycles. The van der Waals surface area contributed by atoms with Gasteiger partial charge in [-0.3, -0.25) is 10.1 Å². The fourth-order valence-electron chi connectivity index (χ4n) is 3.06. The lowest BCUT2D eigenvalue weighted by molar-refractivity contribution is 0.0605. The first-order chi connectivity index (χ1) is 14.5. The highest BCUT2D eigenvalue weighted by Gasteiger charge is 2.19. The van der Waals surface area contributed by atoms with Gasteiger partial charge in [0, 0.05) is 16.0 Å². The highest BCUT2D eigenvalue weighted by atomic mass is 35.5. The molecule has 0 aliphatic heterocycles. The van der Waals surface area contributed by atoms with Crippen LogP contribution in [0.3, 0.4) is 0 Å². The van der Waals surface area contributed by atoms with Crippen LogP contribution in [0.15, 0.2) is 54.6 Å². The molecule has 6 nitrogen and oxygen atoms in total. The van der Waals surface area contributed by atoms with Crippen LogP contribution >= 0.6 is 22.9 Å². The molecule has 0 aliphatic carbocycles. The number of amides is 1. The Morgan fingerprint density at radius 3 is 2.63 bits per heavy atom.